The Morgan fingerprint density at radius 1 is 0.968 bits per heavy atom. The lowest BCUT2D eigenvalue weighted by Crippen LogP contribution is -2.02. The van der Waals surface area contributed by atoms with Crippen LogP contribution in [-0.2, 0) is 11.3 Å². The van der Waals surface area contributed by atoms with Crippen LogP contribution in [0.2, 0.25) is 10.0 Å². The van der Waals surface area contributed by atoms with E-state index in [1.165, 1.54) is 17.2 Å². The summed E-state index contributed by atoms with van der Waals surface area (Å²) < 4.78 is 29.1. The summed E-state index contributed by atoms with van der Waals surface area (Å²) in [6.45, 7) is 4.13. The molecule has 0 aliphatic heterocycles. The molecule has 1 heterocycles. The molecular formula is C23H19Cl2N2O3S-. The predicted molar refractivity (Wildman–Crippen MR) is 127 cm³/mol. The van der Waals surface area contributed by atoms with Crippen LogP contribution in [0, 0.1) is 13.8 Å². The Hall–Kier alpha value is -2.64. The van der Waals surface area contributed by atoms with Crippen LogP contribution in [0.4, 0.5) is 5.69 Å². The number of halogens is 2. The largest absolute Gasteiger partial charge is 0.755 e. The Labute approximate surface area is 193 Å². The molecule has 4 aromatic rings. The maximum atomic E-state index is 10.6. The molecule has 0 saturated carbocycles. The summed E-state index contributed by atoms with van der Waals surface area (Å²) in [6, 6.07) is 20.1. The number of anilines is 1. The van der Waals surface area contributed by atoms with E-state index in [1.54, 1.807) is 18.3 Å². The fourth-order valence-corrected chi connectivity index (χ4v) is 3.45. The van der Waals surface area contributed by atoms with E-state index in [9.17, 15) is 8.76 Å². The first kappa shape index (κ1) is 23.0. The molecule has 1 atom stereocenters. The Kier molecular flexibility index (Phi) is 7.87. The van der Waals surface area contributed by atoms with Gasteiger partial charge in [0.2, 0.25) is 0 Å². The molecule has 0 fully saturated rings. The standard InChI is InChI=1S/C15H11ClN2O3S.C8H9Cl/c16-13-8-11(18-22(19)20)5-6-15(13)21-12-7-10-3-1-2-4-14(10)17-9-12;1-6-3-4-8(9)5-7(6)2/h1-9,18H,(H,19,20);3-5H,1-2H3/p-1. The van der Waals surface area contributed by atoms with Crippen molar-refractivity contribution in [2.45, 2.75) is 13.8 Å². The molecule has 8 heteroatoms. The van der Waals surface area contributed by atoms with Crippen LogP contribution in [-0.4, -0.2) is 13.7 Å². The average molecular weight is 474 g/mol. The van der Waals surface area contributed by atoms with Gasteiger partial charge in [-0.2, -0.15) is 0 Å². The zero-order valence-electron chi connectivity index (χ0n) is 16.8. The highest BCUT2D eigenvalue weighted by molar-refractivity contribution is 7.80. The molecule has 4 rings (SSSR count). The van der Waals surface area contributed by atoms with Gasteiger partial charge in [0.15, 0.2) is 0 Å². The molecule has 1 aromatic heterocycles. The first-order valence-corrected chi connectivity index (χ1v) is 11.1. The molecule has 160 valence electrons. The molecule has 5 nitrogen and oxygen atoms in total. The molecule has 0 spiro atoms. The number of nitrogens with one attached hydrogen (secondary N) is 1. The Bertz CT molecular complexity index is 1230. The highest BCUT2D eigenvalue weighted by Crippen LogP contribution is 2.32. The van der Waals surface area contributed by atoms with Gasteiger partial charge in [-0.25, -0.2) is 0 Å². The summed E-state index contributed by atoms with van der Waals surface area (Å²) in [7, 11) is 0. The number of rotatable bonds is 4. The van der Waals surface area contributed by atoms with Crippen LogP contribution in [0.1, 0.15) is 11.1 Å². The SMILES string of the molecule is Cc1ccc(Cl)cc1C.O=S([O-])Nc1ccc(Oc2cnc3ccccc3c2)c(Cl)c1. The van der Waals surface area contributed by atoms with Gasteiger partial charge in [0.05, 0.1) is 16.7 Å². The number of aryl methyl sites for hydroxylation is 2. The summed E-state index contributed by atoms with van der Waals surface area (Å²) in [5.74, 6) is 0.967. The highest BCUT2D eigenvalue weighted by Gasteiger charge is 2.06. The third-order valence-corrected chi connectivity index (χ3v) is 5.33. The van der Waals surface area contributed by atoms with Crippen molar-refractivity contribution in [3.8, 4) is 11.5 Å². The van der Waals surface area contributed by atoms with Gasteiger partial charge >= 0.3 is 0 Å². The summed E-state index contributed by atoms with van der Waals surface area (Å²) in [4.78, 5) is 4.30. The number of hydrogen-bond donors (Lipinski definition) is 1. The summed E-state index contributed by atoms with van der Waals surface area (Å²) >= 11 is 9.42. The molecule has 0 bridgehead atoms. The maximum Gasteiger partial charge on any atom is 0.146 e. The van der Waals surface area contributed by atoms with Gasteiger partial charge in [-0.05, 0) is 67.4 Å². The van der Waals surface area contributed by atoms with Crippen molar-refractivity contribution in [3.63, 3.8) is 0 Å². The first-order valence-electron chi connectivity index (χ1n) is 9.22. The molecule has 0 amide bonds. The Morgan fingerprint density at radius 2 is 1.74 bits per heavy atom. The molecule has 31 heavy (non-hydrogen) atoms. The number of benzene rings is 3. The third-order valence-electron chi connectivity index (χ3n) is 4.40. The number of para-hydroxylation sites is 1. The second kappa shape index (κ2) is 10.6. The van der Waals surface area contributed by atoms with E-state index >= 15 is 0 Å². The van der Waals surface area contributed by atoms with E-state index in [-0.39, 0.29) is 0 Å². The summed E-state index contributed by atoms with van der Waals surface area (Å²) in [5.41, 5.74) is 3.78. The van der Waals surface area contributed by atoms with Crippen LogP contribution in [0.15, 0.2) is 72.9 Å². The van der Waals surface area contributed by atoms with Gasteiger partial charge in [-0.15, -0.1) is 0 Å². The number of hydrogen-bond acceptors (Lipinski definition) is 4. The van der Waals surface area contributed by atoms with Crippen LogP contribution < -0.4 is 9.46 Å². The molecule has 0 aliphatic carbocycles. The lowest BCUT2D eigenvalue weighted by atomic mass is 10.1. The normalized spacial score (nSPS) is 11.4. The minimum atomic E-state index is -2.39. The Morgan fingerprint density at radius 3 is 2.42 bits per heavy atom. The molecule has 1 unspecified atom stereocenters. The topological polar surface area (TPSA) is 74.3 Å². The lowest BCUT2D eigenvalue weighted by molar-refractivity contribution is 0.481. The Balaban J connectivity index is 0.000000254. The van der Waals surface area contributed by atoms with Crippen LogP contribution in [0.25, 0.3) is 10.9 Å². The zero-order chi connectivity index (χ0) is 22.4. The molecule has 0 radical (unpaired) electrons. The van der Waals surface area contributed by atoms with Crippen LogP contribution in [0.5, 0.6) is 11.5 Å². The van der Waals surface area contributed by atoms with Crippen molar-refractivity contribution >= 4 is 51.1 Å². The van der Waals surface area contributed by atoms with Crippen molar-refractivity contribution in [3.05, 3.63) is 94.1 Å². The van der Waals surface area contributed by atoms with Gasteiger partial charge in [0.1, 0.15) is 11.5 Å². The fourth-order valence-electron chi connectivity index (χ4n) is 2.68. The van der Waals surface area contributed by atoms with Crippen molar-refractivity contribution in [2.75, 3.05) is 4.72 Å². The zero-order valence-corrected chi connectivity index (χ0v) is 19.1. The minimum Gasteiger partial charge on any atom is -0.755 e. The molecule has 1 N–H and O–H groups in total. The summed E-state index contributed by atoms with van der Waals surface area (Å²) in [5, 5.41) is 2.07. The van der Waals surface area contributed by atoms with E-state index < -0.39 is 11.3 Å². The average Bonchev–Trinajstić information content (AvgIpc) is 2.73. The van der Waals surface area contributed by atoms with E-state index in [1.807, 2.05) is 48.5 Å². The van der Waals surface area contributed by atoms with Gasteiger partial charge < -0.3 is 14.0 Å². The molecular weight excluding hydrogens is 455 g/mol. The highest BCUT2D eigenvalue weighted by atomic mass is 35.5. The van der Waals surface area contributed by atoms with E-state index in [0.717, 1.165) is 15.9 Å². The van der Waals surface area contributed by atoms with Gasteiger partial charge in [0.25, 0.3) is 0 Å². The third kappa shape index (κ3) is 6.67. The van der Waals surface area contributed by atoms with Crippen molar-refractivity contribution in [2.24, 2.45) is 0 Å². The first-order chi connectivity index (χ1) is 14.8. The van der Waals surface area contributed by atoms with E-state index in [0.29, 0.717) is 22.2 Å². The maximum absolute atomic E-state index is 10.6. The number of pyridine rings is 1. The van der Waals surface area contributed by atoms with Gasteiger partial charge in [-0.3, -0.25) is 9.19 Å². The number of fused-ring (bicyclic) bond motifs is 1. The summed E-state index contributed by atoms with van der Waals surface area (Å²) in [6.07, 6.45) is 1.61. The quantitative estimate of drug-likeness (QED) is 0.329. The number of aromatic nitrogens is 1. The van der Waals surface area contributed by atoms with Gasteiger partial charge in [-0.1, -0.05) is 47.5 Å². The fraction of sp³-hybridized carbons (Fsp3) is 0.0870. The lowest BCUT2D eigenvalue weighted by Gasteiger charge is -2.12. The second-order valence-corrected chi connectivity index (χ2v) is 8.19. The van der Waals surface area contributed by atoms with Crippen molar-refractivity contribution in [1.29, 1.82) is 0 Å². The predicted octanol–water partition coefficient (Wildman–Crippen LogP) is 6.84. The van der Waals surface area contributed by atoms with Crippen LogP contribution >= 0.6 is 23.2 Å². The van der Waals surface area contributed by atoms with E-state index in [4.69, 9.17) is 27.9 Å². The monoisotopic (exact) mass is 473 g/mol. The van der Waals surface area contributed by atoms with Crippen LogP contribution in [0.3, 0.4) is 0 Å². The molecule has 3 aromatic carbocycles. The molecule has 0 aliphatic rings. The molecule has 0 saturated heterocycles. The van der Waals surface area contributed by atoms with Crippen molar-refractivity contribution < 1.29 is 13.5 Å². The van der Waals surface area contributed by atoms with Crippen molar-refractivity contribution in [1.82, 2.24) is 4.98 Å². The number of nitrogens with zero attached hydrogens (tertiary/aromatic N) is 1. The van der Waals surface area contributed by atoms with E-state index in [2.05, 4.69) is 23.6 Å². The minimum absolute atomic E-state index is 0.295. The number of ether oxygens (including phenoxy) is 1. The van der Waals surface area contributed by atoms with Gasteiger partial charge in [0, 0.05) is 27.4 Å². The smallest absolute Gasteiger partial charge is 0.146 e. The second-order valence-electron chi connectivity index (χ2n) is 6.68.